The average molecular weight is 357 g/mol. The summed E-state index contributed by atoms with van der Waals surface area (Å²) >= 11 is 0. The van der Waals surface area contributed by atoms with Crippen LogP contribution in [0.1, 0.15) is 23.7 Å². The van der Waals surface area contributed by atoms with Gasteiger partial charge in [-0.1, -0.05) is 23.8 Å². The van der Waals surface area contributed by atoms with E-state index in [0.29, 0.717) is 17.6 Å². The summed E-state index contributed by atoms with van der Waals surface area (Å²) in [6.45, 7) is 5.59. The summed E-state index contributed by atoms with van der Waals surface area (Å²) in [6.07, 6.45) is 5.29. The molecular formula is C17H19N5O2S. The summed E-state index contributed by atoms with van der Waals surface area (Å²) < 4.78 is 26.8. The van der Waals surface area contributed by atoms with E-state index >= 15 is 0 Å². The molecular weight excluding hydrogens is 338 g/mol. The minimum atomic E-state index is -3.73. The molecule has 0 aliphatic rings. The zero-order valence-corrected chi connectivity index (χ0v) is 14.6. The number of hydrogen-bond acceptors (Lipinski definition) is 6. The number of nitrogens with one attached hydrogen (secondary N) is 1. The van der Waals surface area contributed by atoms with Crippen molar-refractivity contribution in [2.75, 3.05) is 0 Å². The summed E-state index contributed by atoms with van der Waals surface area (Å²) in [5.41, 5.74) is 5.03. The Hall–Kier alpha value is -2.55. The van der Waals surface area contributed by atoms with E-state index in [2.05, 4.69) is 22.0 Å². The van der Waals surface area contributed by atoms with Crippen LogP contribution < -0.4 is 11.3 Å². The lowest BCUT2D eigenvalue weighted by molar-refractivity contribution is 0.547. The molecule has 2 aromatic heterocycles. The Morgan fingerprint density at radius 3 is 2.68 bits per heavy atom. The fourth-order valence-electron chi connectivity index (χ4n) is 2.53. The van der Waals surface area contributed by atoms with Crippen LogP contribution in [0.15, 0.2) is 60.3 Å². The van der Waals surface area contributed by atoms with Gasteiger partial charge in [0.25, 0.3) is 10.0 Å². The van der Waals surface area contributed by atoms with E-state index in [0.717, 1.165) is 9.54 Å². The number of hydrogen-bond donors (Lipinski definition) is 2. The zero-order valence-electron chi connectivity index (χ0n) is 13.8. The third kappa shape index (κ3) is 3.19. The molecule has 0 saturated heterocycles. The van der Waals surface area contributed by atoms with Crippen molar-refractivity contribution >= 4 is 21.2 Å². The highest BCUT2D eigenvalue weighted by Gasteiger charge is 2.21. The molecule has 0 amide bonds. The number of hydrazine groups is 1. The fraction of sp³-hybridized carbons (Fsp3) is 0.176. The van der Waals surface area contributed by atoms with Crippen LogP contribution in [0.3, 0.4) is 0 Å². The van der Waals surface area contributed by atoms with Crippen LogP contribution in [0.25, 0.3) is 11.2 Å². The molecule has 1 unspecified atom stereocenters. The molecule has 7 nitrogen and oxygen atoms in total. The summed E-state index contributed by atoms with van der Waals surface area (Å²) in [7, 11) is -3.73. The second-order valence-corrected chi connectivity index (χ2v) is 7.49. The minimum Gasteiger partial charge on any atom is -0.271 e. The first kappa shape index (κ1) is 17.3. The number of benzene rings is 1. The van der Waals surface area contributed by atoms with Crippen molar-refractivity contribution in [2.24, 2.45) is 5.84 Å². The maximum atomic E-state index is 12.8. The molecule has 0 aliphatic heterocycles. The van der Waals surface area contributed by atoms with Crippen LogP contribution in [-0.4, -0.2) is 22.4 Å². The van der Waals surface area contributed by atoms with Crippen molar-refractivity contribution in [3.8, 4) is 0 Å². The third-order valence-electron chi connectivity index (χ3n) is 3.91. The number of nitrogens with two attached hydrogens (primary N) is 1. The van der Waals surface area contributed by atoms with Gasteiger partial charge in [-0.05, 0) is 31.5 Å². The number of nitrogens with zero attached hydrogens (tertiary/aromatic N) is 3. The molecule has 2 heterocycles. The summed E-state index contributed by atoms with van der Waals surface area (Å²) in [6, 6.07) is 8.07. The van der Waals surface area contributed by atoms with Crippen LogP contribution in [0, 0.1) is 6.92 Å². The van der Waals surface area contributed by atoms with Crippen molar-refractivity contribution in [3.63, 3.8) is 0 Å². The highest BCUT2D eigenvalue weighted by molar-refractivity contribution is 7.90. The van der Waals surface area contributed by atoms with Crippen molar-refractivity contribution in [1.82, 2.24) is 19.4 Å². The van der Waals surface area contributed by atoms with Gasteiger partial charge in [-0.2, -0.15) is 0 Å². The third-order valence-corrected chi connectivity index (χ3v) is 5.59. The number of rotatable bonds is 6. The molecule has 3 N–H and O–H groups in total. The Morgan fingerprint density at radius 1 is 1.32 bits per heavy atom. The van der Waals surface area contributed by atoms with Crippen LogP contribution in [0.5, 0.6) is 0 Å². The second kappa shape index (κ2) is 6.75. The van der Waals surface area contributed by atoms with Gasteiger partial charge in [0, 0.05) is 6.20 Å². The first-order chi connectivity index (χ1) is 12.0. The van der Waals surface area contributed by atoms with Crippen LogP contribution in [0.2, 0.25) is 0 Å². The van der Waals surface area contributed by atoms with Gasteiger partial charge in [-0.3, -0.25) is 11.3 Å². The summed E-state index contributed by atoms with van der Waals surface area (Å²) in [5.74, 6) is 5.53. The molecule has 130 valence electrons. The molecule has 8 heteroatoms. The highest BCUT2D eigenvalue weighted by Crippen LogP contribution is 2.22. The molecule has 3 rings (SSSR count). The second-order valence-electron chi connectivity index (χ2n) is 5.68. The largest absolute Gasteiger partial charge is 0.271 e. The van der Waals surface area contributed by atoms with Gasteiger partial charge in [-0.15, -0.1) is 6.58 Å². The molecule has 0 fully saturated rings. The summed E-state index contributed by atoms with van der Waals surface area (Å²) in [4.78, 5) is 8.97. The molecule has 0 spiro atoms. The van der Waals surface area contributed by atoms with Crippen molar-refractivity contribution < 1.29 is 8.42 Å². The normalized spacial score (nSPS) is 13.0. The van der Waals surface area contributed by atoms with Gasteiger partial charge < -0.3 is 0 Å². The molecule has 25 heavy (non-hydrogen) atoms. The van der Waals surface area contributed by atoms with E-state index in [1.807, 2.05) is 6.92 Å². The topological polar surface area (TPSA) is 103 Å². The molecule has 1 aromatic carbocycles. The highest BCUT2D eigenvalue weighted by atomic mass is 32.2. The average Bonchev–Trinajstić information content (AvgIpc) is 3.04. The minimum absolute atomic E-state index is 0.203. The van der Waals surface area contributed by atoms with Crippen molar-refractivity contribution in [2.45, 2.75) is 24.3 Å². The zero-order chi connectivity index (χ0) is 18.0. The van der Waals surface area contributed by atoms with Gasteiger partial charge in [0.05, 0.1) is 22.8 Å². The van der Waals surface area contributed by atoms with Crippen molar-refractivity contribution in [3.05, 3.63) is 66.6 Å². The quantitative estimate of drug-likeness (QED) is 0.398. The Balaban J connectivity index is 2.06. The van der Waals surface area contributed by atoms with Crippen molar-refractivity contribution in [1.29, 1.82) is 0 Å². The SMILES string of the molecule is C=CCC(NN)c1cnc2c(ccn2S(=O)(=O)c2ccc(C)cc2)n1. The van der Waals surface area contributed by atoms with E-state index < -0.39 is 10.0 Å². The maximum Gasteiger partial charge on any atom is 0.269 e. The van der Waals surface area contributed by atoms with Gasteiger partial charge in [0.2, 0.25) is 0 Å². The Morgan fingerprint density at radius 2 is 2.04 bits per heavy atom. The van der Waals surface area contributed by atoms with Crippen LogP contribution in [-0.2, 0) is 10.0 Å². The van der Waals surface area contributed by atoms with E-state index in [9.17, 15) is 8.42 Å². The molecule has 0 saturated carbocycles. The summed E-state index contributed by atoms with van der Waals surface area (Å²) in [5, 5.41) is 0. The molecule has 3 aromatic rings. The Labute approximate surface area is 146 Å². The first-order valence-corrected chi connectivity index (χ1v) is 9.14. The molecule has 0 bridgehead atoms. The van der Waals surface area contributed by atoms with Gasteiger partial charge in [0.1, 0.15) is 5.52 Å². The number of aromatic nitrogens is 3. The number of fused-ring (bicyclic) bond motifs is 1. The molecule has 0 radical (unpaired) electrons. The van der Waals surface area contributed by atoms with Crippen LogP contribution >= 0.6 is 0 Å². The standard InChI is InChI=1S/C17H19N5O2S/c1-3-4-14(21-18)16-11-19-17-15(20-16)9-10-22(17)25(23,24)13-7-5-12(2)6-8-13/h3,5-11,14,21H,1,4,18H2,2H3. The monoisotopic (exact) mass is 357 g/mol. The van der Waals surface area contributed by atoms with Gasteiger partial charge >= 0.3 is 0 Å². The lowest BCUT2D eigenvalue weighted by Crippen LogP contribution is -2.28. The predicted molar refractivity (Wildman–Crippen MR) is 96.2 cm³/mol. The Bertz CT molecular complexity index is 1010. The smallest absolute Gasteiger partial charge is 0.269 e. The van der Waals surface area contributed by atoms with E-state index in [1.54, 1.807) is 36.4 Å². The lowest BCUT2D eigenvalue weighted by atomic mass is 10.1. The first-order valence-electron chi connectivity index (χ1n) is 7.70. The van der Waals surface area contributed by atoms with Gasteiger partial charge in [-0.25, -0.2) is 22.4 Å². The van der Waals surface area contributed by atoms with Crippen LogP contribution in [0.4, 0.5) is 0 Å². The fourth-order valence-corrected chi connectivity index (χ4v) is 3.82. The van der Waals surface area contributed by atoms with E-state index in [1.165, 1.54) is 12.4 Å². The lowest BCUT2D eigenvalue weighted by Gasteiger charge is -2.13. The molecule has 0 aliphatic carbocycles. The number of aryl methyl sites for hydroxylation is 1. The van der Waals surface area contributed by atoms with E-state index in [-0.39, 0.29) is 16.6 Å². The Kier molecular flexibility index (Phi) is 4.67. The van der Waals surface area contributed by atoms with E-state index in [4.69, 9.17) is 5.84 Å². The molecule has 1 atom stereocenters. The maximum absolute atomic E-state index is 12.8. The van der Waals surface area contributed by atoms with Gasteiger partial charge in [0.15, 0.2) is 5.65 Å². The predicted octanol–water partition coefficient (Wildman–Crippen LogP) is 2.06.